The molecule has 4 nitrogen and oxygen atoms in total. The molecule has 0 aliphatic rings. The van der Waals surface area contributed by atoms with E-state index in [4.69, 9.17) is 9.15 Å². The number of fused-ring (bicyclic) bond motifs is 1. The Hall–Kier alpha value is -2.36. The smallest absolute Gasteiger partial charge is 0.247 e. The lowest BCUT2D eigenvalue weighted by molar-refractivity contribution is 0.265. The second kappa shape index (κ2) is 4.96. The van der Waals surface area contributed by atoms with E-state index < -0.39 is 0 Å². The molecule has 0 fully saturated rings. The van der Waals surface area contributed by atoms with Crippen LogP contribution in [0.5, 0.6) is 5.75 Å². The van der Waals surface area contributed by atoms with E-state index in [-0.39, 0.29) is 0 Å². The van der Waals surface area contributed by atoms with Crippen molar-refractivity contribution in [3.05, 3.63) is 53.0 Å². The lowest BCUT2D eigenvalue weighted by Crippen LogP contribution is -1.98. The van der Waals surface area contributed by atoms with Crippen LogP contribution in [0.4, 0.5) is 0 Å². The van der Waals surface area contributed by atoms with E-state index in [1.807, 2.05) is 32.0 Å². The highest BCUT2D eigenvalue weighted by Gasteiger charge is 2.10. The first-order chi connectivity index (χ1) is 9.65. The molecule has 0 saturated carbocycles. The summed E-state index contributed by atoms with van der Waals surface area (Å²) in [6.07, 6.45) is 1.72. The summed E-state index contributed by atoms with van der Waals surface area (Å²) in [4.78, 5) is 8.59. The van der Waals surface area contributed by atoms with E-state index in [2.05, 4.69) is 23.0 Å². The molecule has 3 aromatic rings. The highest BCUT2D eigenvalue weighted by molar-refractivity contribution is 5.71. The van der Waals surface area contributed by atoms with Gasteiger partial charge in [0.05, 0.1) is 0 Å². The van der Waals surface area contributed by atoms with Gasteiger partial charge in [-0.15, -0.1) is 0 Å². The number of ether oxygens (including phenoxy) is 1. The molecule has 0 aliphatic carbocycles. The number of aryl methyl sites for hydroxylation is 2. The van der Waals surface area contributed by atoms with Crippen molar-refractivity contribution in [1.29, 1.82) is 0 Å². The van der Waals surface area contributed by atoms with Crippen LogP contribution in [0.1, 0.15) is 22.6 Å². The van der Waals surface area contributed by atoms with Crippen LogP contribution in [-0.4, -0.2) is 9.97 Å². The minimum absolute atomic E-state index is 0.306. The molecule has 2 aromatic heterocycles. The van der Waals surface area contributed by atoms with E-state index in [0.717, 1.165) is 22.4 Å². The van der Waals surface area contributed by atoms with Crippen molar-refractivity contribution >= 4 is 11.2 Å². The Kier molecular flexibility index (Phi) is 3.14. The van der Waals surface area contributed by atoms with Gasteiger partial charge in [-0.2, -0.15) is 0 Å². The quantitative estimate of drug-likeness (QED) is 0.726. The lowest BCUT2D eigenvalue weighted by atomic mass is 10.1. The minimum Gasteiger partial charge on any atom is -0.484 e. The number of benzene rings is 1. The second-order valence-corrected chi connectivity index (χ2v) is 4.88. The van der Waals surface area contributed by atoms with Crippen molar-refractivity contribution in [2.75, 3.05) is 0 Å². The molecular weight excluding hydrogens is 252 g/mol. The largest absolute Gasteiger partial charge is 0.484 e. The Balaban J connectivity index is 1.83. The normalized spacial score (nSPS) is 10.9. The standard InChI is InChI=1S/C16H16N2O2/c1-10-5-4-6-13(12(10)3)19-9-14-18-15-11(2)7-8-17-16(15)20-14/h4-8H,9H2,1-3H3. The molecule has 20 heavy (non-hydrogen) atoms. The van der Waals surface area contributed by atoms with Gasteiger partial charge in [-0.05, 0) is 49.6 Å². The first kappa shape index (κ1) is 12.7. The predicted molar refractivity (Wildman–Crippen MR) is 76.8 cm³/mol. The predicted octanol–water partition coefficient (Wildman–Crippen LogP) is 3.73. The Bertz CT molecular complexity index is 762. The number of nitrogens with zero attached hydrogens (tertiary/aromatic N) is 2. The summed E-state index contributed by atoms with van der Waals surface area (Å²) in [5, 5.41) is 0. The van der Waals surface area contributed by atoms with E-state index in [0.29, 0.717) is 18.2 Å². The van der Waals surface area contributed by atoms with Crippen LogP contribution in [0.3, 0.4) is 0 Å². The molecule has 0 unspecified atom stereocenters. The molecule has 3 rings (SSSR count). The van der Waals surface area contributed by atoms with E-state index in [9.17, 15) is 0 Å². The zero-order valence-corrected chi connectivity index (χ0v) is 11.8. The SMILES string of the molecule is Cc1cccc(OCc2nc3c(C)ccnc3o2)c1C. The fraction of sp³-hybridized carbons (Fsp3) is 0.250. The summed E-state index contributed by atoms with van der Waals surface area (Å²) in [5.74, 6) is 1.40. The molecule has 0 N–H and O–H groups in total. The fourth-order valence-electron chi connectivity index (χ4n) is 2.08. The maximum absolute atomic E-state index is 5.79. The topological polar surface area (TPSA) is 48.2 Å². The maximum atomic E-state index is 5.79. The van der Waals surface area contributed by atoms with Crippen LogP contribution in [0.2, 0.25) is 0 Å². The molecule has 0 amide bonds. The molecule has 102 valence electrons. The Labute approximate surface area is 117 Å². The van der Waals surface area contributed by atoms with Gasteiger partial charge in [0, 0.05) is 6.20 Å². The van der Waals surface area contributed by atoms with Gasteiger partial charge in [0.1, 0.15) is 11.3 Å². The third-order valence-electron chi connectivity index (χ3n) is 3.45. The average Bonchev–Trinajstić information content (AvgIpc) is 2.85. The molecule has 1 aromatic carbocycles. The number of aromatic nitrogens is 2. The number of pyridine rings is 1. The fourth-order valence-corrected chi connectivity index (χ4v) is 2.08. The second-order valence-electron chi connectivity index (χ2n) is 4.88. The zero-order valence-electron chi connectivity index (χ0n) is 11.8. The first-order valence-corrected chi connectivity index (χ1v) is 6.55. The monoisotopic (exact) mass is 268 g/mol. The Morgan fingerprint density at radius 2 is 1.95 bits per heavy atom. The van der Waals surface area contributed by atoms with E-state index in [1.165, 1.54) is 5.56 Å². The Morgan fingerprint density at radius 3 is 2.75 bits per heavy atom. The number of oxazole rings is 1. The molecule has 4 heteroatoms. The van der Waals surface area contributed by atoms with Crippen LogP contribution in [0.25, 0.3) is 11.2 Å². The number of rotatable bonds is 3. The molecule has 0 atom stereocenters. The van der Waals surface area contributed by atoms with Gasteiger partial charge in [-0.1, -0.05) is 12.1 Å². The summed E-state index contributed by atoms with van der Waals surface area (Å²) in [6, 6.07) is 7.92. The van der Waals surface area contributed by atoms with Crippen LogP contribution in [0.15, 0.2) is 34.9 Å². The highest BCUT2D eigenvalue weighted by atomic mass is 16.5. The van der Waals surface area contributed by atoms with Gasteiger partial charge in [0.25, 0.3) is 0 Å². The maximum Gasteiger partial charge on any atom is 0.247 e. The van der Waals surface area contributed by atoms with Gasteiger partial charge >= 0.3 is 0 Å². The number of hydrogen-bond acceptors (Lipinski definition) is 4. The highest BCUT2D eigenvalue weighted by Crippen LogP contribution is 2.22. The van der Waals surface area contributed by atoms with E-state index >= 15 is 0 Å². The molecule has 0 bridgehead atoms. The lowest BCUT2D eigenvalue weighted by Gasteiger charge is -2.08. The summed E-state index contributed by atoms with van der Waals surface area (Å²) < 4.78 is 11.4. The first-order valence-electron chi connectivity index (χ1n) is 6.55. The molecule has 0 spiro atoms. The van der Waals surface area contributed by atoms with Gasteiger partial charge in [-0.25, -0.2) is 9.97 Å². The molecule has 0 saturated heterocycles. The van der Waals surface area contributed by atoms with Crippen molar-refractivity contribution < 1.29 is 9.15 Å². The van der Waals surface area contributed by atoms with Gasteiger partial charge in [-0.3, -0.25) is 0 Å². The van der Waals surface area contributed by atoms with Gasteiger partial charge in [0.2, 0.25) is 11.6 Å². The van der Waals surface area contributed by atoms with E-state index in [1.54, 1.807) is 6.20 Å². The summed E-state index contributed by atoms with van der Waals surface area (Å²) in [7, 11) is 0. The van der Waals surface area contributed by atoms with Crippen LogP contribution < -0.4 is 4.74 Å². The minimum atomic E-state index is 0.306. The third kappa shape index (κ3) is 2.25. The van der Waals surface area contributed by atoms with Gasteiger partial charge in [0.15, 0.2) is 6.61 Å². The van der Waals surface area contributed by atoms with Crippen molar-refractivity contribution in [3.8, 4) is 5.75 Å². The average molecular weight is 268 g/mol. The summed E-state index contributed by atoms with van der Waals surface area (Å²) in [6.45, 7) is 6.40. The zero-order chi connectivity index (χ0) is 14.1. The van der Waals surface area contributed by atoms with Crippen molar-refractivity contribution in [2.24, 2.45) is 0 Å². The molecular formula is C16H16N2O2. The van der Waals surface area contributed by atoms with Gasteiger partial charge < -0.3 is 9.15 Å². The van der Waals surface area contributed by atoms with Crippen LogP contribution in [0, 0.1) is 20.8 Å². The molecule has 0 radical (unpaired) electrons. The third-order valence-corrected chi connectivity index (χ3v) is 3.45. The Morgan fingerprint density at radius 1 is 1.10 bits per heavy atom. The number of hydrogen-bond donors (Lipinski definition) is 0. The van der Waals surface area contributed by atoms with Crippen LogP contribution >= 0.6 is 0 Å². The van der Waals surface area contributed by atoms with Crippen LogP contribution in [-0.2, 0) is 6.61 Å². The molecule has 2 heterocycles. The summed E-state index contributed by atoms with van der Waals surface area (Å²) >= 11 is 0. The summed E-state index contributed by atoms with van der Waals surface area (Å²) in [5.41, 5.74) is 4.75. The molecule has 0 aliphatic heterocycles. The van der Waals surface area contributed by atoms with Crippen molar-refractivity contribution in [2.45, 2.75) is 27.4 Å². The van der Waals surface area contributed by atoms with Crippen molar-refractivity contribution in [3.63, 3.8) is 0 Å². The van der Waals surface area contributed by atoms with Crippen molar-refractivity contribution in [1.82, 2.24) is 9.97 Å².